The van der Waals surface area contributed by atoms with Crippen LogP contribution in [0.1, 0.15) is 31.6 Å². The quantitative estimate of drug-likeness (QED) is 0.814. The van der Waals surface area contributed by atoms with Crippen molar-refractivity contribution >= 4 is 6.03 Å². The molecule has 1 aliphatic rings. The van der Waals surface area contributed by atoms with Crippen molar-refractivity contribution in [1.82, 2.24) is 25.1 Å². The highest BCUT2D eigenvalue weighted by molar-refractivity contribution is 5.74. The lowest BCUT2D eigenvalue weighted by Crippen LogP contribution is -2.45. The minimum Gasteiger partial charge on any atom is -0.468 e. The first-order valence-corrected chi connectivity index (χ1v) is 8.50. The zero-order valence-corrected chi connectivity index (χ0v) is 14.0. The normalized spacial score (nSPS) is 17.5. The average Bonchev–Trinajstić information content (AvgIpc) is 3.31. The minimum absolute atomic E-state index is 0.0213. The first-order valence-electron chi connectivity index (χ1n) is 8.50. The van der Waals surface area contributed by atoms with Gasteiger partial charge in [-0.2, -0.15) is 0 Å². The van der Waals surface area contributed by atoms with Crippen molar-refractivity contribution in [3.63, 3.8) is 0 Å². The number of amides is 2. The van der Waals surface area contributed by atoms with Gasteiger partial charge in [0.25, 0.3) is 0 Å². The Bertz CT molecular complexity index is 605. The second kappa shape index (κ2) is 8.01. The topological polar surface area (TPSA) is 75.3 Å². The summed E-state index contributed by atoms with van der Waals surface area (Å²) in [7, 11) is 0. The molecule has 2 aromatic rings. The molecule has 2 N–H and O–H groups in total. The summed E-state index contributed by atoms with van der Waals surface area (Å²) in [6.45, 7) is 5.31. The highest BCUT2D eigenvalue weighted by Crippen LogP contribution is 2.24. The molecule has 2 aromatic heterocycles. The number of rotatable bonds is 7. The number of nitrogens with one attached hydrogen (secondary N) is 2. The third kappa shape index (κ3) is 4.38. The maximum Gasteiger partial charge on any atom is 0.315 e. The van der Waals surface area contributed by atoms with E-state index >= 15 is 0 Å². The number of furan rings is 1. The summed E-state index contributed by atoms with van der Waals surface area (Å²) in [5.41, 5.74) is 0. The number of hydrogen-bond donors (Lipinski definition) is 2. The van der Waals surface area contributed by atoms with Crippen molar-refractivity contribution in [3.8, 4) is 0 Å². The van der Waals surface area contributed by atoms with Gasteiger partial charge in [-0.15, -0.1) is 0 Å². The van der Waals surface area contributed by atoms with E-state index < -0.39 is 0 Å². The standard InChI is InChI=1S/C17H25N5O2/c1-14(12-21-9-6-18-13-21)20-17(23)19-11-15(16-5-4-10-24-16)22-7-2-3-8-22/h4-6,9-10,13-15H,2-3,7-8,11-12H2,1H3,(H2,19,20,23)/t14-,15-/m1/s1. The molecule has 1 aliphatic heterocycles. The van der Waals surface area contributed by atoms with Crippen molar-refractivity contribution < 1.29 is 9.21 Å². The largest absolute Gasteiger partial charge is 0.468 e. The van der Waals surface area contributed by atoms with Gasteiger partial charge >= 0.3 is 6.03 Å². The Balaban J connectivity index is 1.49. The van der Waals surface area contributed by atoms with Gasteiger partial charge in [0, 0.05) is 31.5 Å². The van der Waals surface area contributed by atoms with Crippen LogP contribution in [0.15, 0.2) is 41.5 Å². The van der Waals surface area contributed by atoms with E-state index in [2.05, 4.69) is 20.5 Å². The third-order valence-corrected chi connectivity index (χ3v) is 4.33. The summed E-state index contributed by atoms with van der Waals surface area (Å²) in [6, 6.07) is 3.83. The Morgan fingerprint density at radius 1 is 1.42 bits per heavy atom. The average molecular weight is 331 g/mol. The van der Waals surface area contributed by atoms with Gasteiger partial charge in [-0.1, -0.05) is 0 Å². The molecule has 7 heteroatoms. The highest BCUT2D eigenvalue weighted by Gasteiger charge is 2.26. The fraction of sp³-hybridized carbons (Fsp3) is 0.529. The molecule has 1 fully saturated rings. The minimum atomic E-state index is -0.154. The van der Waals surface area contributed by atoms with Crippen LogP contribution >= 0.6 is 0 Å². The van der Waals surface area contributed by atoms with E-state index in [1.807, 2.05) is 29.8 Å². The first-order chi connectivity index (χ1) is 11.7. The Morgan fingerprint density at radius 3 is 2.92 bits per heavy atom. The van der Waals surface area contributed by atoms with E-state index in [1.54, 1.807) is 18.8 Å². The number of imidazole rings is 1. The summed E-state index contributed by atoms with van der Waals surface area (Å²) >= 11 is 0. The Kier molecular flexibility index (Phi) is 5.53. The number of urea groups is 1. The van der Waals surface area contributed by atoms with E-state index in [9.17, 15) is 4.79 Å². The smallest absolute Gasteiger partial charge is 0.315 e. The number of nitrogens with zero attached hydrogens (tertiary/aromatic N) is 3. The van der Waals surface area contributed by atoms with Crippen molar-refractivity contribution in [3.05, 3.63) is 42.9 Å². The molecule has 0 saturated carbocycles. The zero-order valence-electron chi connectivity index (χ0n) is 14.0. The SMILES string of the molecule is C[C@H](Cn1ccnc1)NC(=O)NC[C@H](c1ccco1)N1CCCC1. The molecule has 0 unspecified atom stereocenters. The number of hydrogen-bond acceptors (Lipinski definition) is 4. The second-order valence-corrected chi connectivity index (χ2v) is 6.29. The lowest BCUT2D eigenvalue weighted by molar-refractivity contribution is 0.202. The van der Waals surface area contributed by atoms with Gasteiger partial charge in [0.2, 0.25) is 0 Å². The molecule has 3 heterocycles. The lowest BCUT2D eigenvalue weighted by atomic mass is 10.2. The zero-order chi connectivity index (χ0) is 16.8. The fourth-order valence-electron chi connectivity index (χ4n) is 3.16. The molecule has 0 bridgehead atoms. The summed E-state index contributed by atoms with van der Waals surface area (Å²) in [5.74, 6) is 0.906. The van der Waals surface area contributed by atoms with E-state index in [-0.39, 0.29) is 18.1 Å². The van der Waals surface area contributed by atoms with E-state index in [1.165, 1.54) is 12.8 Å². The first kappa shape index (κ1) is 16.6. The van der Waals surface area contributed by atoms with E-state index in [4.69, 9.17) is 4.42 Å². The highest BCUT2D eigenvalue weighted by atomic mass is 16.3. The molecule has 2 atom stereocenters. The molecule has 2 amide bonds. The molecule has 0 spiro atoms. The van der Waals surface area contributed by atoms with Crippen molar-refractivity contribution in [2.24, 2.45) is 0 Å². The van der Waals surface area contributed by atoms with Crippen LogP contribution in [0.5, 0.6) is 0 Å². The summed E-state index contributed by atoms with van der Waals surface area (Å²) in [5, 5.41) is 5.94. The Morgan fingerprint density at radius 2 is 2.25 bits per heavy atom. The monoisotopic (exact) mass is 331 g/mol. The maximum atomic E-state index is 12.2. The maximum absolute atomic E-state index is 12.2. The molecule has 130 valence electrons. The fourth-order valence-corrected chi connectivity index (χ4v) is 3.16. The molecular formula is C17H25N5O2. The van der Waals surface area contributed by atoms with Crippen LogP contribution in [0.3, 0.4) is 0 Å². The predicted molar refractivity (Wildman–Crippen MR) is 90.5 cm³/mol. The van der Waals surface area contributed by atoms with Crippen LogP contribution in [0.25, 0.3) is 0 Å². The van der Waals surface area contributed by atoms with Gasteiger partial charge in [-0.25, -0.2) is 9.78 Å². The lowest BCUT2D eigenvalue weighted by Gasteiger charge is -2.26. The van der Waals surface area contributed by atoms with Gasteiger partial charge in [0.15, 0.2) is 0 Å². The van der Waals surface area contributed by atoms with Gasteiger partial charge in [-0.05, 0) is 45.0 Å². The number of carbonyl (C=O) groups excluding carboxylic acids is 1. The van der Waals surface area contributed by atoms with Crippen LogP contribution in [-0.4, -0.2) is 46.2 Å². The molecule has 1 saturated heterocycles. The number of likely N-dealkylation sites (tertiary alicyclic amines) is 1. The molecule has 0 aliphatic carbocycles. The number of aromatic nitrogens is 2. The Labute approximate surface area is 142 Å². The molecule has 0 radical (unpaired) electrons. The molecule has 7 nitrogen and oxygen atoms in total. The van der Waals surface area contributed by atoms with Gasteiger partial charge in [-0.3, -0.25) is 4.90 Å². The van der Waals surface area contributed by atoms with Crippen LogP contribution in [0.2, 0.25) is 0 Å². The van der Waals surface area contributed by atoms with E-state index in [0.717, 1.165) is 18.8 Å². The summed E-state index contributed by atoms with van der Waals surface area (Å²) < 4.78 is 7.51. The molecular weight excluding hydrogens is 306 g/mol. The summed E-state index contributed by atoms with van der Waals surface area (Å²) in [4.78, 5) is 18.5. The van der Waals surface area contributed by atoms with Crippen LogP contribution in [0, 0.1) is 0 Å². The van der Waals surface area contributed by atoms with Crippen LogP contribution in [-0.2, 0) is 6.54 Å². The van der Waals surface area contributed by atoms with E-state index in [0.29, 0.717) is 13.1 Å². The Hall–Kier alpha value is -2.28. The second-order valence-electron chi connectivity index (χ2n) is 6.29. The molecule has 3 rings (SSSR count). The molecule has 24 heavy (non-hydrogen) atoms. The van der Waals surface area contributed by atoms with Gasteiger partial charge in [0.05, 0.1) is 18.6 Å². The van der Waals surface area contributed by atoms with Crippen LogP contribution < -0.4 is 10.6 Å². The van der Waals surface area contributed by atoms with Crippen molar-refractivity contribution in [1.29, 1.82) is 0 Å². The third-order valence-electron chi connectivity index (χ3n) is 4.33. The predicted octanol–water partition coefficient (Wildman–Crippen LogP) is 2.00. The van der Waals surface area contributed by atoms with Gasteiger partial charge < -0.3 is 19.6 Å². The van der Waals surface area contributed by atoms with Crippen molar-refractivity contribution in [2.45, 2.75) is 38.4 Å². The van der Waals surface area contributed by atoms with Crippen molar-refractivity contribution in [2.75, 3.05) is 19.6 Å². The summed E-state index contributed by atoms with van der Waals surface area (Å²) in [6.07, 6.45) is 9.45. The molecule has 0 aromatic carbocycles. The number of carbonyl (C=O) groups is 1. The van der Waals surface area contributed by atoms with Gasteiger partial charge in [0.1, 0.15) is 5.76 Å². The van der Waals surface area contributed by atoms with Crippen LogP contribution in [0.4, 0.5) is 4.79 Å².